The van der Waals surface area contributed by atoms with Crippen molar-refractivity contribution < 1.29 is 19.0 Å². The van der Waals surface area contributed by atoms with Gasteiger partial charge >= 0.3 is 5.97 Å². The van der Waals surface area contributed by atoms with Crippen molar-refractivity contribution >= 4 is 22.8 Å². The largest absolute Gasteiger partial charge is 0.462 e. The molecular weight excluding hydrogens is 336 g/mol. The number of rotatable bonds is 6. The topological polar surface area (TPSA) is 97.6 Å². The van der Waals surface area contributed by atoms with Crippen molar-refractivity contribution in [2.45, 2.75) is 5.92 Å². The van der Waals surface area contributed by atoms with Crippen LogP contribution in [0.3, 0.4) is 0 Å². The number of hydrogen-bond acceptors (Lipinski definition) is 8. The Morgan fingerprint density at radius 1 is 1.27 bits per heavy atom. The van der Waals surface area contributed by atoms with E-state index < -0.39 is 11.9 Å². The number of anilines is 1. The van der Waals surface area contributed by atoms with Gasteiger partial charge in [-0.3, -0.25) is 4.79 Å². The van der Waals surface area contributed by atoms with Gasteiger partial charge in [-0.15, -0.1) is 0 Å². The molecule has 0 radical (unpaired) electrons. The van der Waals surface area contributed by atoms with E-state index in [1.54, 1.807) is 6.07 Å². The van der Waals surface area contributed by atoms with Crippen LogP contribution in [-0.4, -0.2) is 62.6 Å². The Kier molecular flexibility index (Phi) is 5.94. The summed E-state index contributed by atoms with van der Waals surface area (Å²) in [6.07, 6.45) is 0. The Balaban J connectivity index is 2.00. The van der Waals surface area contributed by atoms with Gasteiger partial charge in [0.1, 0.15) is 12.3 Å². The quantitative estimate of drug-likeness (QED) is 0.564. The molecular formula is C18H20N4O4. The summed E-state index contributed by atoms with van der Waals surface area (Å²) in [5.41, 5.74) is 1.65. The lowest BCUT2D eigenvalue weighted by Gasteiger charge is -2.29. The van der Waals surface area contributed by atoms with Crippen LogP contribution in [0, 0.1) is 11.3 Å². The minimum atomic E-state index is -1.15. The predicted molar refractivity (Wildman–Crippen MR) is 93.8 cm³/mol. The van der Waals surface area contributed by atoms with Crippen LogP contribution >= 0.6 is 0 Å². The van der Waals surface area contributed by atoms with Crippen molar-refractivity contribution in [1.82, 2.24) is 9.97 Å². The van der Waals surface area contributed by atoms with Crippen molar-refractivity contribution in [3.63, 3.8) is 0 Å². The van der Waals surface area contributed by atoms with Crippen LogP contribution in [0.4, 0.5) is 5.82 Å². The molecule has 26 heavy (non-hydrogen) atoms. The number of carbonyl (C=O) groups excluding carboxylic acids is 1. The lowest BCUT2D eigenvalue weighted by molar-refractivity contribution is -0.145. The normalized spacial score (nSPS) is 15.5. The number of para-hydroxylation sites is 2. The number of benzene rings is 1. The molecule has 1 fully saturated rings. The Morgan fingerprint density at radius 2 is 1.96 bits per heavy atom. The van der Waals surface area contributed by atoms with Crippen molar-refractivity contribution in [1.29, 1.82) is 5.26 Å². The summed E-state index contributed by atoms with van der Waals surface area (Å²) in [7, 11) is 1.51. The van der Waals surface area contributed by atoms with Gasteiger partial charge in [-0.25, -0.2) is 9.97 Å². The van der Waals surface area contributed by atoms with Gasteiger partial charge in [-0.1, -0.05) is 12.1 Å². The predicted octanol–water partition coefficient (Wildman–Crippen LogP) is 1.26. The Morgan fingerprint density at radius 3 is 2.62 bits per heavy atom. The van der Waals surface area contributed by atoms with E-state index in [-0.39, 0.29) is 13.2 Å². The molecule has 1 aromatic carbocycles. The molecule has 0 amide bonds. The maximum atomic E-state index is 12.4. The SMILES string of the molecule is COCCOC(=O)[C@H](C#N)c1nc2ccccc2nc1N1CCOCC1. The molecule has 0 saturated carbocycles. The lowest BCUT2D eigenvalue weighted by atomic mass is 10.1. The monoisotopic (exact) mass is 356 g/mol. The van der Waals surface area contributed by atoms with Crippen molar-refractivity contribution in [2.24, 2.45) is 0 Å². The number of aromatic nitrogens is 2. The molecule has 2 aromatic rings. The molecule has 8 heteroatoms. The fraction of sp³-hybridized carbons (Fsp3) is 0.444. The number of fused-ring (bicyclic) bond motifs is 1. The molecule has 1 saturated heterocycles. The Bertz CT molecular complexity index is 814. The first-order valence-electron chi connectivity index (χ1n) is 8.39. The summed E-state index contributed by atoms with van der Waals surface area (Å²) in [6.45, 7) is 2.71. The van der Waals surface area contributed by atoms with Gasteiger partial charge in [-0.2, -0.15) is 5.26 Å². The lowest BCUT2D eigenvalue weighted by Crippen LogP contribution is -2.38. The van der Waals surface area contributed by atoms with Crippen LogP contribution in [-0.2, 0) is 19.0 Å². The van der Waals surface area contributed by atoms with Crippen LogP contribution in [0.15, 0.2) is 24.3 Å². The summed E-state index contributed by atoms with van der Waals surface area (Å²) in [5, 5.41) is 9.61. The van der Waals surface area contributed by atoms with Crippen molar-refractivity contribution in [2.75, 3.05) is 51.5 Å². The fourth-order valence-corrected chi connectivity index (χ4v) is 2.74. The van der Waals surface area contributed by atoms with Crippen LogP contribution in [0.25, 0.3) is 11.0 Å². The number of esters is 1. The summed E-state index contributed by atoms with van der Waals surface area (Å²) in [5.74, 6) is -1.27. The third-order valence-electron chi connectivity index (χ3n) is 4.06. The third-order valence-corrected chi connectivity index (χ3v) is 4.06. The second kappa shape index (κ2) is 8.56. The number of hydrogen-bond donors (Lipinski definition) is 0. The first kappa shape index (κ1) is 18.0. The highest BCUT2D eigenvalue weighted by atomic mass is 16.6. The van der Waals surface area contributed by atoms with Crippen LogP contribution in [0.1, 0.15) is 11.6 Å². The van der Waals surface area contributed by atoms with Gasteiger partial charge in [0.2, 0.25) is 0 Å². The number of ether oxygens (including phenoxy) is 3. The molecule has 0 spiro atoms. The van der Waals surface area contributed by atoms with E-state index in [4.69, 9.17) is 14.2 Å². The van der Waals surface area contributed by atoms with Crippen molar-refractivity contribution in [3.8, 4) is 6.07 Å². The minimum absolute atomic E-state index is 0.0847. The molecule has 1 aromatic heterocycles. The highest BCUT2D eigenvalue weighted by Crippen LogP contribution is 2.28. The van der Waals surface area contributed by atoms with Gasteiger partial charge in [-0.05, 0) is 12.1 Å². The van der Waals surface area contributed by atoms with Crippen LogP contribution < -0.4 is 4.90 Å². The molecule has 1 aliphatic heterocycles. The van der Waals surface area contributed by atoms with E-state index in [0.717, 1.165) is 0 Å². The minimum Gasteiger partial charge on any atom is -0.462 e. The maximum absolute atomic E-state index is 12.4. The maximum Gasteiger partial charge on any atom is 0.329 e. The van der Waals surface area contributed by atoms with E-state index in [1.807, 2.05) is 29.2 Å². The molecule has 136 valence electrons. The molecule has 2 heterocycles. The van der Waals surface area contributed by atoms with Crippen LogP contribution in [0.5, 0.6) is 0 Å². The highest BCUT2D eigenvalue weighted by Gasteiger charge is 2.30. The number of methoxy groups -OCH3 is 1. The molecule has 0 unspecified atom stereocenters. The highest BCUT2D eigenvalue weighted by molar-refractivity contribution is 5.85. The van der Waals surface area contributed by atoms with Gasteiger partial charge < -0.3 is 19.1 Å². The van der Waals surface area contributed by atoms with Gasteiger partial charge in [0.15, 0.2) is 11.7 Å². The van der Waals surface area contributed by atoms with Crippen molar-refractivity contribution in [3.05, 3.63) is 30.0 Å². The summed E-state index contributed by atoms with van der Waals surface area (Å²) in [4.78, 5) is 23.6. The standard InChI is InChI=1S/C18H20N4O4/c1-24-10-11-26-18(23)13(12-19)16-17(22-6-8-25-9-7-22)21-15-5-3-2-4-14(15)20-16/h2-5,13H,6-11H2,1H3/t13-/m1/s1. The zero-order valence-corrected chi connectivity index (χ0v) is 14.6. The van der Waals surface area contributed by atoms with E-state index in [2.05, 4.69) is 9.97 Å². The molecule has 0 bridgehead atoms. The van der Waals surface area contributed by atoms with E-state index >= 15 is 0 Å². The summed E-state index contributed by atoms with van der Waals surface area (Å²) in [6, 6.07) is 9.39. The molecule has 1 atom stereocenters. The Hall–Kier alpha value is -2.76. The first-order valence-corrected chi connectivity index (χ1v) is 8.39. The zero-order valence-electron chi connectivity index (χ0n) is 14.6. The number of carbonyl (C=O) groups is 1. The number of morpholine rings is 1. The average molecular weight is 356 g/mol. The smallest absolute Gasteiger partial charge is 0.329 e. The molecule has 8 nitrogen and oxygen atoms in total. The van der Waals surface area contributed by atoms with E-state index in [9.17, 15) is 10.1 Å². The van der Waals surface area contributed by atoms with Gasteiger partial charge in [0, 0.05) is 20.2 Å². The van der Waals surface area contributed by atoms with E-state index in [1.165, 1.54) is 7.11 Å². The third kappa shape index (κ3) is 3.90. The first-order chi connectivity index (χ1) is 12.7. The second-order valence-electron chi connectivity index (χ2n) is 5.74. The second-order valence-corrected chi connectivity index (χ2v) is 5.74. The zero-order chi connectivity index (χ0) is 18.4. The molecule has 3 rings (SSSR count). The van der Waals surface area contributed by atoms with E-state index in [0.29, 0.717) is 48.8 Å². The number of nitrogens with zero attached hydrogens (tertiary/aromatic N) is 4. The van der Waals surface area contributed by atoms with Crippen LogP contribution in [0.2, 0.25) is 0 Å². The van der Waals surface area contributed by atoms with Gasteiger partial charge in [0.25, 0.3) is 0 Å². The average Bonchev–Trinajstić information content (AvgIpc) is 2.69. The number of nitriles is 1. The molecule has 0 aliphatic carbocycles. The molecule has 1 aliphatic rings. The molecule has 0 N–H and O–H groups in total. The summed E-state index contributed by atoms with van der Waals surface area (Å²) < 4.78 is 15.4. The fourth-order valence-electron chi connectivity index (χ4n) is 2.74. The van der Waals surface area contributed by atoms with Gasteiger partial charge in [0.05, 0.1) is 36.9 Å². The Labute approximate surface area is 151 Å². The summed E-state index contributed by atoms with van der Waals surface area (Å²) >= 11 is 0.